The van der Waals surface area contributed by atoms with E-state index in [1.807, 2.05) is 0 Å². The molecule has 1 aromatic heterocycles. The summed E-state index contributed by atoms with van der Waals surface area (Å²) < 4.78 is 2.23. The lowest BCUT2D eigenvalue weighted by Crippen LogP contribution is -2.38. The van der Waals surface area contributed by atoms with E-state index in [9.17, 15) is 0 Å². The van der Waals surface area contributed by atoms with Crippen molar-refractivity contribution < 1.29 is 0 Å². The Kier molecular flexibility index (Phi) is 5.14. The number of aromatic nitrogens is 3. The molecule has 2 heterocycles. The van der Waals surface area contributed by atoms with E-state index in [-0.39, 0.29) is 0 Å². The summed E-state index contributed by atoms with van der Waals surface area (Å²) >= 11 is 0. The van der Waals surface area contributed by atoms with E-state index in [0.717, 1.165) is 18.3 Å². The Balaban J connectivity index is 1.62. The Morgan fingerprint density at radius 1 is 1.09 bits per heavy atom. The Bertz CT molecular complexity index is 475. The zero-order chi connectivity index (χ0) is 15.5. The molecule has 3 rings (SSSR count). The van der Waals surface area contributed by atoms with Crippen molar-refractivity contribution >= 4 is 0 Å². The highest BCUT2D eigenvalue weighted by atomic mass is 15.3. The van der Waals surface area contributed by atoms with Crippen LogP contribution in [0.1, 0.15) is 56.1 Å². The van der Waals surface area contributed by atoms with E-state index < -0.39 is 0 Å². The average molecular weight is 305 g/mol. The van der Waals surface area contributed by atoms with Crippen LogP contribution in [0, 0.1) is 5.92 Å². The van der Waals surface area contributed by atoms with Gasteiger partial charge in [0.05, 0.1) is 6.54 Å². The molecule has 124 valence electrons. The maximum absolute atomic E-state index is 4.52. The zero-order valence-electron chi connectivity index (χ0n) is 14.5. The predicted octanol–water partition coefficient (Wildman–Crippen LogP) is 2.25. The first kappa shape index (κ1) is 15.9. The highest BCUT2D eigenvalue weighted by molar-refractivity contribution is 5.04. The van der Waals surface area contributed by atoms with Crippen LogP contribution in [-0.4, -0.2) is 58.3 Å². The largest absolute Gasteiger partial charge is 0.317 e. The summed E-state index contributed by atoms with van der Waals surface area (Å²) in [5, 5.41) is 8.93. The first-order valence-electron chi connectivity index (χ1n) is 8.88. The quantitative estimate of drug-likeness (QED) is 0.836. The molecule has 1 aliphatic heterocycles. The van der Waals surface area contributed by atoms with Crippen LogP contribution in [0.25, 0.3) is 0 Å². The van der Waals surface area contributed by atoms with Crippen molar-refractivity contribution in [2.75, 3.05) is 33.7 Å². The van der Waals surface area contributed by atoms with Crippen molar-refractivity contribution in [1.82, 2.24) is 24.6 Å². The van der Waals surface area contributed by atoms with Crippen LogP contribution in [0.15, 0.2) is 0 Å². The number of likely N-dealkylation sites (tertiary alicyclic amines) is 1. The van der Waals surface area contributed by atoms with E-state index in [1.165, 1.54) is 64.0 Å². The lowest BCUT2D eigenvalue weighted by Gasteiger charge is -2.33. The number of hydrogen-bond acceptors (Lipinski definition) is 4. The van der Waals surface area contributed by atoms with Crippen LogP contribution < -0.4 is 0 Å². The average Bonchev–Trinajstić information content (AvgIpc) is 3.10. The van der Waals surface area contributed by atoms with Crippen LogP contribution in [-0.2, 0) is 13.6 Å². The summed E-state index contributed by atoms with van der Waals surface area (Å²) in [5.41, 5.74) is 0. The van der Waals surface area contributed by atoms with Gasteiger partial charge in [0.2, 0.25) is 0 Å². The normalized spacial score (nSPS) is 24.5. The Hall–Kier alpha value is -0.940. The van der Waals surface area contributed by atoms with Gasteiger partial charge in [-0.25, -0.2) is 0 Å². The molecule has 22 heavy (non-hydrogen) atoms. The molecule has 0 radical (unpaired) electrons. The van der Waals surface area contributed by atoms with Gasteiger partial charge in [-0.15, -0.1) is 10.2 Å². The van der Waals surface area contributed by atoms with E-state index in [0.29, 0.717) is 5.92 Å². The van der Waals surface area contributed by atoms with Gasteiger partial charge in [-0.1, -0.05) is 12.8 Å². The topological polar surface area (TPSA) is 37.2 Å². The van der Waals surface area contributed by atoms with Crippen molar-refractivity contribution in [3.05, 3.63) is 11.6 Å². The van der Waals surface area contributed by atoms with Crippen LogP contribution >= 0.6 is 0 Å². The SMILES string of the molecule is CN(C)Cc1nnc([C@@H]2CCCN(CC3CCCC3)C2)n1C. The van der Waals surface area contributed by atoms with Gasteiger partial charge in [-0.05, 0) is 52.2 Å². The van der Waals surface area contributed by atoms with Crippen molar-refractivity contribution in [2.24, 2.45) is 13.0 Å². The van der Waals surface area contributed by atoms with E-state index >= 15 is 0 Å². The highest BCUT2D eigenvalue weighted by Gasteiger charge is 2.28. The fraction of sp³-hybridized carbons (Fsp3) is 0.882. The third kappa shape index (κ3) is 3.69. The summed E-state index contributed by atoms with van der Waals surface area (Å²) in [6.45, 7) is 4.61. The lowest BCUT2D eigenvalue weighted by atomic mass is 9.95. The molecule has 1 atom stereocenters. The molecular weight excluding hydrogens is 274 g/mol. The molecule has 1 aliphatic carbocycles. The summed E-state index contributed by atoms with van der Waals surface area (Å²) in [5.74, 6) is 3.77. The van der Waals surface area contributed by atoms with Gasteiger partial charge in [0.25, 0.3) is 0 Å². The minimum atomic E-state index is 0.559. The molecule has 1 aromatic rings. The summed E-state index contributed by atoms with van der Waals surface area (Å²) in [7, 11) is 6.29. The van der Waals surface area contributed by atoms with E-state index in [1.54, 1.807) is 0 Å². The van der Waals surface area contributed by atoms with Gasteiger partial charge < -0.3 is 14.4 Å². The number of rotatable bonds is 5. The molecule has 2 fully saturated rings. The number of nitrogens with zero attached hydrogens (tertiary/aromatic N) is 5. The Morgan fingerprint density at radius 3 is 2.59 bits per heavy atom. The second-order valence-electron chi connectivity index (χ2n) is 7.52. The van der Waals surface area contributed by atoms with E-state index in [4.69, 9.17) is 0 Å². The fourth-order valence-corrected chi connectivity index (χ4v) is 4.14. The van der Waals surface area contributed by atoms with Crippen molar-refractivity contribution in [3.8, 4) is 0 Å². The summed E-state index contributed by atoms with van der Waals surface area (Å²) in [4.78, 5) is 4.84. The Labute approximate surface area is 134 Å². The minimum Gasteiger partial charge on any atom is -0.317 e. The second kappa shape index (κ2) is 7.09. The van der Waals surface area contributed by atoms with Gasteiger partial charge in [0, 0.05) is 26.1 Å². The molecule has 0 unspecified atom stereocenters. The van der Waals surface area contributed by atoms with Gasteiger partial charge in [0.15, 0.2) is 0 Å². The predicted molar refractivity (Wildman–Crippen MR) is 88.8 cm³/mol. The lowest BCUT2D eigenvalue weighted by molar-refractivity contribution is 0.175. The maximum atomic E-state index is 4.52. The third-order valence-electron chi connectivity index (χ3n) is 5.32. The molecule has 0 bridgehead atoms. The van der Waals surface area contributed by atoms with Gasteiger partial charge in [-0.2, -0.15) is 0 Å². The molecule has 0 spiro atoms. The molecule has 0 aromatic carbocycles. The zero-order valence-corrected chi connectivity index (χ0v) is 14.5. The fourth-order valence-electron chi connectivity index (χ4n) is 4.14. The molecule has 1 saturated carbocycles. The van der Waals surface area contributed by atoms with Crippen LogP contribution in [0.4, 0.5) is 0 Å². The van der Waals surface area contributed by atoms with Crippen molar-refractivity contribution in [2.45, 2.75) is 51.0 Å². The maximum Gasteiger partial charge on any atom is 0.146 e. The van der Waals surface area contributed by atoms with Crippen LogP contribution in [0.5, 0.6) is 0 Å². The summed E-state index contributed by atoms with van der Waals surface area (Å²) in [6.07, 6.45) is 8.33. The molecule has 5 nitrogen and oxygen atoms in total. The van der Waals surface area contributed by atoms with Crippen molar-refractivity contribution in [1.29, 1.82) is 0 Å². The smallest absolute Gasteiger partial charge is 0.146 e. The highest BCUT2D eigenvalue weighted by Crippen LogP contribution is 2.30. The van der Waals surface area contributed by atoms with Crippen LogP contribution in [0.3, 0.4) is 0 Å². The van der Waals surface area contributed by atoms with Gasteiger partial charge in [0.1, 0.15) is 11.6 Å². The van der Waals surface area contributed by atoms with Gasteiger partial charge in [-0.3, -0.25) is 0 Å². The molecule has 0 amide bonds. The van der Waals surface area contributed by atoms with E-state index in [2.05, 4.69) is 45.7 Å². The Morgan fingerprint density at radius 2 is 1.86 bits per heavy atom. The first-order chi connectivity index (χ1) is 10.6. The molecule has 1 saturated heterocycles. The summed E-state index contributed by atoms with van der Waals surface area (Å²) in [6, 6.07) is 0. The monoisotopic (exact) mass is 305 g/mol. The molecular formula is C17H31N5. The van der Waals surface area contributed by atoms with Crippen molar-refractivity contribution in [3.63, 3.8) is 0 Å². The third-order valence-corrected chi connectivity index (χ3v) is 5.32. The second-order valence-corrected chi connectivity index (χ2v) is 7.52. The minimum absolute atomic E-state index is 0.559. The molecule has 0 N–H and O–H groups in total. The van der Waals surface area contributed by atoms with Crippen LogP contribution in [0.2, 0.25) is 0 Å². The number of piperidine rings is 1. The molecule has 5 heteroatoms. The number of hydrogen-bond donors (Lipinski definition) is 0. The first-order valence-corrected chi connectivity index (χ1v) is 8.88. The van der Waals surface area contributed by atoms with Gasteiger partial charge >= 0.3 is 0 Å². The standard InChI is InChI=1S/C17H31N5/c1-20(2)13-16-18-19-17(21(16)3)15-9-6-10-22(12-15)11-14-7-4-5-8-14/h14-15H,4-13H2,1-3H3/t15-/m1/s1. The molecule has 2 aliphatic rings.